The number of nitrogens with one attached hydrogen (secondary N) is 1. The molecule has 2 atom stereocenters. The Morgan fingerprint density at radius 3 is 2.70 bits per heavy atom. The van der Waals surface area contributed by atoms with Crippen molar-refractivity contribution in [3.63, 3.8) is 0 Å². The van der Waals surface area contributed by atoms with E-state index in [2.05, 4.69) is 36.5 Å². The van der Waals surface area contributed by atoms with Crippen LogP contribution in [0.3, 0.4) is 0 Å². The van der Waals surface area contributed by atoms with Gasteiger partial charge in [-0.2, -0.15) is 0 Å². The molecule has 1 aliphatic carbocycles. The van der Waals surface area contributed by atoms with Crippen LogP contribution in [0.4, 0.5) is 0 Å². The summed E-state index contributed by atoms with van der Waals surface area (Å²) in [6, 6.07) is 8.30. The molecule has 1 aliphatic heterocycles. The first-order valence-electron chi connectivity index (χ1n) is 7.79. The molecule has 3 nitrogen and oxygen atoms in total. The van der Waals surface area contributed by atoms with E-state index in [1.165, 1.54) is 30.4 Å². The average Bonchev–Trinajstić information content (AvgIpc) is 2.65. The Morgan fingerprint density at radius 2 is 2.05 bits per heavy atom. The first kappa shape index (κ1) is 13.6. The topological polar surface area (TPSA) is 32.3 Å². The van der Waals surface area contributed by atoms with Crippen molar-refractivity contribution in [1.82, 2.24) is 10.2 Å². The SMILES string of the molecule is Cc1ccccc1C1NC(C)C(=O)N1CCC1CCC1. The van der Waals surface area contributed by atoms with Gasteiger partial charge in [-0.15, -0.1) is 0 Å². The number of rotatable bonds is 4. The molecule has 0 bridgehead atoms. The van der Waals surface area contributed by atoms with Gasteiger partial charge in [0.05, 0.1) is 6.04 Å². The maximum absolute atomic E-state index is 12.4. The first-order chi connectivity index (χ1) is 9.66. The molecule has 1 heterocycles. The standard InChI is InChI=1S/C17H24N2O/c1-12-6-3-4-9-15(12)16-18-13(2)17(20)19(16)11-10-14-7-5-8-14/h3-4,6,9,13-14,16,18H,5,7-8,10-11H2,1-2H3. The first-order valence-corrected chi connectivity index (χ1v) is 7.79. The summed E-state index contributed by atoms with van der Waals surface area (Å²) >= 11 is 0. The third-order valence-corrected chi connectivity index (χ3v) is 4.86. The smallest absolute Gasteiger partial charge is 0.241 e. The quantitative estimate of drug-likeness (QED) is 0.914. The van der Waals surface area contributed by atoms with Crippen LogP contribution in [0.2, 0.25) is 0 Å². The predicted molar refractivity (Wildman–Crippen MR) is 80.2 cm³/mol. The summed E-state index contributed by atoms with van der Waals surface area (Å²) in [4.78, 5) is 14.4. The van der Waals surface area contributed by atoms with Crippen molar-refractivity contribution in [2.75, 3.05) is 6.54 Å². The molecule has 1 amide bonds. The zero-order valence-corrected chi connectivity index (χ0v) is 12.4. The highest BCUT2D eigenvalue weighted by molar-refractivity contribution is 5.84. The fourth-order valence-corrected chi connectivity index (χ4v) is 3.27. The number of carbonyl (C=O) groups is 1. The van der Waals surface area contributed by atoms with E-state index in [1.54, 1.807) is 0 Å². The van der Waals surface area contributed by atoms with Crippen LogP contribution in [0.25, 0.3) is 0 Å². The van der Waals surface area contributed by atoms with Crippen LogP contribution in [0, 0.1) is 12.8 Å². The number of hydrogen-bond donors (Lipinski definition) is 1. The maximum atomic E-state index is 12.4. The second-order valence-electron chi connectivity index (χ2n) is 6.26. The van der Waals surface area contributed by atoms with Crippen LogP contribution in [0.1, 0.15) is 49.9 Å². The molecule has 3 rings (SSSR count). The van der Waals surface area contributed by atoms with Crippen molar-refractivity contribution in [2.24, 2.45) is 5.92 Å². The Hall–Kier alpha value is -1.35. The number of aryl methyl sites for hydroxylation is 1. The molecule has 0 radical (unpaired) electrons. The monoisotopic (exact) mass is 272 g/mol. The van der Waals surface area contributed by atoms with Gasteiger partial charge in [0, 0.05) is 6.54 Å². The second-order valence-corrected chi connectivity index (χ2v) is 6.26. The van der Waals surface area contributed by atoms with Gasteiger partial charge in [0.2, 0.25) is 5.91 Å². The maximum Gasteiger partial charge on any atom is 0.241 e. The molecule has 0 spiro atoms. The van der Waals surface area contributed by atoms with Crippen molar-refractivity contribution < 1.29 is 4.79 Å². The van der Waals surface area contributed by atoms with Crippen LogP contribution in [0.5, 0.6) is 0 Å². The fourth-order valence-electron chi connectivity index (χ4n) is 3.27. The van der Waals surface area contributed by atoms with Gasteiger partial charge in [0.15, 0.2) is 0 Å². The van der Waals surface area contributed by atoms with E-state index < -0.39 is 0 Å². The van der Waals surface area contributed by atoms with E-state index in [4.69, 9.17) is 0 Å². The molecule has 2 fully saturated rings. The molecule has 1 saturated heterocycles. The van der Waals surface area contributed by atoms with E-state index in [9.17, 15) is 4.79 Å². The van der Waals surface area contributed by atoms with Gasteiger partial charge in [-0.25, -0.2) is 0 Å². The summed E-state index contributed by atoms with van der Waals surface area (Å²) in [5.41, 5.74) is 2.49. The van der Waals surface area contributed by atoms with Gasteiger partial charge in [0.1, 0.15) is 6.17 Å². The van der Waals surface area contributed by atoms with E-state index in [0.29, 0.717) is 0 Å². The van der Waals surface area contributed by atoms with E-state index in [0.717, 1.165) is 18.9 Å². The zero-order chi connectivity index (χ0) is 14.1. The molecular formula is C17H24N2O. The van der Waals surface area contributed by atoms with Crippen LogP contribution in [0.15, 0.2) is 24.3 Å². The summed E-state index contributed by atoms with van der Waals surface area (Å²) in [5.74, 6) is 1.09. The lowest BCUT2D eigenvalue weighted by Gasteiger charge is -2.30. The third kappa shape index (κ3) is 2.47. The largest absolute Gasteiger partial charge is 0.322 e. The van der Waals surface area contributed by atoms with Crippen LogP contribution < -0.4 is 5.32 Å². The summed E-state index contributed by atoms with van der Waals surface area (Å²) in [6.07, 6.45) is 5.27. The number of hydrogen-bond acceptors (Lipinski definition) is 2. The Balaban J connectivity index is 1.76. The minimum atomic E-state index is -0.0685. The van der Waals surface area contributed by atoms with Gasteiger partial charge in [-0.05, 0) is 37.3 Å². The van der Waals surface area contributed by atoms with E-state index in [-0.39, 0.29) is 18.1 Å². The summed E-state index contributed by atoms with van der Waals surface area (Å²) in [5, 5.41) is 3.45. The van der Waals surface area contributed by atoms with E-state index >= 15 is 0 Å². The fraction of sp³-hybridized carbons (Fsp3) is 0.588. The van der Waals surface area contributed by atoms with Crippen molar-refractivity contribution in [3.8, 4) is 0 Å². The Kier molecular flexibility index (Phi) is 3.79. The minimum Gasteiger partial charge on any atom is -0.322 e. The number of amides is 1. The second kappa shape index (κ2) is 5.57. The highest BCUT2D eigenvalue weighted by Crippen LogP contribution is 2.32. The molecule has 108 valence electrons. The van der Waals surface area contributed by atoms with Crippen molar-refractivity contribution in [2.45, 2.75) is 51.7 Å². The van der Waals surface area contributed by atoms with Crippen LogP contribution in [-0.4, -0.2) is 23.4 Å². The van der Waals surface area contributed by atoms with Gasteiger partial charge in [0.25, 0.3) is 0 Å². The summed E-state index contributed by atoms with van der Waals surface area (Å²) < 4.78 is 0. The van der Waals surface area contributed by atoms with Crippen molar-refractivity contribution in [1.29, 1.82) is 0 Å². The molecule has 1 aromatic carbocycles. The number of benzene rings is 1. The molecule has 0 aromatic heterocycles. The van der Waals surface area contributed by atoms with Gasteiger partial charge >= 0.3 is 0 Å². The van der Waals surface area contributed by atoms with Gasteiger partial charge < -0.3 is 4.90 Å². The average molecular weight is 272 g/mol. The van der Waals surface area contributed by atoms with Crippen LogP contribution in [-0.2, 0) is 4.79 Å². The van der Waals surface area contributed by atoms with E-state index in [1.807, 2.05) is 11.8 Å². The predicted octanol–water partition coefficient (Wildman–Crippen LogP) is 3.00. The number of carbonyl (C=O) groups excluding carboxylic acids is 1. The minimum absolute atomic E-state index is 0.0544. The Morgan fingerprint density at radius 1 is 1.30 bits per heavy atom. The Bertz CT molecular complexity index is 496. The molecule has 20 heavy (non-hydrogen) atoms. The lowest BCUT2D eigenvalue weighted by molar-refractivity contribution is -0.130. The molecule has 1 saturated carbocycles. The molecule has 3 heteroatoms. The summed E-state index contributed by atoms with van der Waals surface area (Å²) in [7, 11) is 0. The van der Waals surface area contributed by atoms with Crippen molar-refractivity contribution >= 4 is 5.91 Å². The Labute approximate surface area is 121 Å². The molecule has 1 N–H and O–H groups in total. The molecular weight excluding hydrogens is 248 g/mol. The normalized spacial score (nSPS) is 26.9. The van der Waals surface area contributed by atoms with Crippen LogP contribution >= 0.6 is 0 Å². The highest BCUT2D eigenvalue weighted by Gasteiger charge is 2.37. The van der Waals surface area contributed by atoms with Gasteiger partial charge in [-0.1, -0.05) is 43.5 Å². The molecule has 2 unspecified atom stereocenters. The van der Waals surface area contributed by atoms with Gasteiger partial charge in [-0.3, -0.25) is 10.1 Å². The molecule has 1 aromatic rings. The lowest BCUT2D eigenvalue weighted by atomic mass is 9.83. The van der Waals surface area contributed by atoms with Crippen molar-refractivity contribution in [3.05, 3.63) is 35.4 Å². The molecule has 2 aliphatic rings. The zero-order valence-electron chi connectivity index (χ0n) is 12.4. The lowest BCUT2D eigenvalue weighted by Crippen LogP contribution is -2.33. The number of nitrogens with zero attached hydrogens (tertiary/aromatic N) is 1. The highest BCUT2D eigenvalue weighted by atomic mass is 16.2. The third-order valence-electron chi connectivity index (χ3n) is 4.86. The summed E-state index contributed by atoms with van der Waals surface area (Å²) in [6.45, 7) is 4.98.